The van der Waals surface area contributed by atoms with Crippen LogP contribution in [0.4, 0.5) is 5.95 Å². The number of hydrogen-bond donors (Lipinski definition) is 0. The number of anilines is 1. The fourth-order valence-corrected chi connectivity index (χ4v) is 3.71. The van der Waals surface area contributed by atoms with Gasteiger partial charge in [-0.15, -0.1) is 0 Å². The zero-order valence-electron chi connectivity index (χ0n) is 14.1. The number of aromatic nitrogens is 4. The molecule has 1 aliphatic carbocycles. The molecule has 1 aromatic carbocycles. The van der Waals surface area contributed by atoms with Crippen LogP contribution in [-0.2, 0) is 0 Å². The molecular formula is C19H21N5. The molecule has 0 unspecified atom stereocenters. The first-order valence-electron chi connectivity index (χ1n) is 8.73. The Morgan fingerprint density at radius 3 is 2.38 bits per heavy atom. The molecule has 5 heteroatoms. The van der Waals surface area contributed by atoms with Gasteiger partial charge < -0.3 is 9.47 Å². The Balaban J connectivity index is 1.47. The molecule has 0 atom stereocenters. The van der Waals surface area contributed by atoms with E-state index in [1.807, 2.05) is 19.9 Å². The first-order chi connectivity index (χ1) is 11.7. The van der Waals surface area contributed by atoms with Gasteiger partial charge in [0.2, 0.25) is 5.95 Å². The van der Waals surface area contributed by atoms with Gasteiger partial charge in [0.15, 0.2) is 0 Å². The first-order valence-corrected chi connectivity index (χ1v) is 8.73. The molecule has 0 amide bonds. The zero-order chi connectivity index (χ0) is 16.3. The van der Waals surface area contributed by atoms with Gasteiger partial charge in [0.05, 0.1) is 17.1 Å². The largest absolute Gasteiger partial charge is 0.337 e. The van der Waals surface area contributed by atoms with Crippen LogP contribution >= 0.6 is 0 Å². The van der Waals surface area contributed by atoms with Gasteiger partial charge in [-0.1, -0.05) is 12.1 Å². The second kappa shape index (κ2) is 5.03. The van der Waals surface area contributed by atoms with E-state index in [-0.39, 0.29) is 0 Å². The Hall–Kier alpha value is -2.43. The highest BCUT2D eigenvalue weighted by Gasteiger charge is 2.37. The van der Waals surface area contributed by atoms with Crippen LogP contribution in [0.2, 0.25) is 0 Å². The Labute approximate surface area is 141 Å². The Morgan fingerprint density at radius 2 is 1.67 bits per heavy atom. The van der Waals surface area contributed by atoms with Crippen LogP contribution in [0, 0.1) is 13.8 Å². The highest BCUT2D eigenvalue weighted by molar-refractivity contribution is 5.76. The Bertz CT molecular complexity index is 898. The van der Waals surface area contributed by atoms with Crippen molar-refractivity contribution < 1.29 is 0 Å². The van der Waals surface area contributed by atoms with E-state index in [9.17, 15) is 0 Å². The van der Waals surface area contributed by atoms with E-state index in [1.165, 1.54) is 24.2 Å². The van der Waals surface area contributed by atoms with E-state index < -0.39 is 0 Å². The third kappa shape index (κ3) is 2.19. The summed E-state index contributed by atoms with van der Waals surface area (Å²) in [6.07, 6.45) is 2.56. The second-order valence-corrected chi connectivity index (χ2v) is 7.11. The quantitative estimate of drug-likeness (QED) is 0.742. The lowest BCUT2D eigenvalue weighted by Gasteiger charge is -2.41. The van der Waals surface area contributed by atoms with E-state index in [0.29, 0.717) is 12.0 Å². The van der Waals surface area contributed by atoms with Crippen molar-refractivity contribution in [1.29, 1.82) is 0 Å². The van der Waals surface area contributed by atoms with Crippen LogP contribution < -0.4 is 4.90 Å². The lowest BCUT2D eigenvalue weighted by Crippen LogP contribution is -2.49. The number of hydrogen-bond acceptors (Lipinski definition) is 4. The molecule has 5 rings (SSSR count). The fourth-order valence-electron chi connectivity index (χ4n) is 3.71. The Morgan fingerprint density at radius 1 is 0.958 bits per heavy atom. The Kier molecular flexibility index (Phi) is 2.93. The van der Waals surface area contributed by atoms with E-state index in [0.717, 1.165) is 35.9 Å². The fraction of sp³-hybridized carbons (Fsp3) is 0.421. The molecule has 24 heavy (non-hydrogen) atoms. The summed E-state index contributed by atoms with van der Waals surface area (Å²) in [5.74, 6) is 2.80. The second-order valence-electron chi connectivity index (χ2n) is 7.11. The summed E-state index contributed by atoms with van der Waals surface area (Å²) < 4.78 is 2.48. The molecule has 1 saturated carbocycles. The highest BCUT2D eigenvalue weighted by Crippen LogP contribution is 2.43. The van der Waals surface area contributed by atoms with Crippen molar-refractivity contribution in [2.24, 2.45) is 0 Å². The molecule has 2 aliphatic rings. The minimum absolute atomic E-state index is 0.470. The van der Waals surface area contributed by atoms with Gasteiger partial charge in [-0.2, -0.15) is 0 Å². The van der Waals surface area contributed by atoms with Crippen LogP contribution in [0.25, 0.3) is 11.0 Å². The predicted octanol–water partition coefficient (Wildman–Crippen LogP) is 3.38. The van der Waals surface area contributed by atoms with Gasteiger partial charge in [0.1, 0.15) is 5.82 Å². The standard InChI is InChI=1S/C19H21N5/c1-12-9-13(2)21-19(20-12)23-10-15(11-23)24-17-6-4-3-5-16(17)22-18(24)14-7-8-14/h3-6,9,14-15H,7-8,10-11H2,1-2H3. The van der Waals surface area contributed by atoms with Crippen LogP contribution in [0.3, 0.4) is 0 Å². The van der Waals surface area contributed by atoms with Gasteiger partial charge >= 0.3 is 0 Å². The summed E-state index contributed by atoms with van der Waals surface area (Å²) in [5, 5.41) is 0. The lowest BCUT2D eigenvalue weighted by molar-refractivity contribution is 0.391. The average Bonchev–Trinajstić information content (AvgIpc) is 3.28. The number of para-hydroxylation sites is 2. The number of imidazole rings is 1. The maximum absolute atomic E-state index is 4.92. The summed E-state index contributed by atoms with van der Waals surface area (Å²) in [6.45, 7) is 5.99. The summed E-state index contributed by atoms with van der Waals surface area (Å²) in [7, 11) is 0. The molecule has 1 aliphatic heterocycles. The SMILES string of the molecule is Cc1cc(C)nc(N2CC(n3c(C4CC4)nc4ccccc43)C2)n1. The summed E-state index contributed by atoms with van der Waals surface area (Å²) in [5.41, 5.74) is 4.46. The van der Waals surface area contributed by atoms with Crippen LogP contribution in [0.5, 0.6) is 0 Å². The van der Waals surface area contributed by atoms with Crippen LogP contribution in [0.1, 0.15) is 42.0 Å². The molecule has 1 saturated heterocycles. The van der Waals surface area contributed by atoms with E-state index in [2.05, 4.69) is 43.7 Å². The lowest BCUT2D eigenvalue weighted by atomic mass is 10.1. The summed E-state index contributed by atoms with van der Waals surface area (Å²) in [6, 6.07) is 11.0. The molecule has 3 aromatic rings. The number of benzene rings is 1. The summed E-state index contributed by atoms with van der Waals surface area (Å²) >= 11 is 0. The van der Waals surface area contributed by atoms with Gasteiger partial charge in [0.25, 0.3) is 0 Å². The van der Waals surface area contributed by atoms with Crippen molar-refractivity contribution >= 4 is 17.0 Å². The molecule has 0 N–H and O–H groups in total. The summed E-state index contributed by atoms with van der Waals surface area (Å²) in [4.78, 5) is 16.4. The van der Waals surface area contributed by atoms with Crippen molar-refractivity contribution in [3.8, 4) is 0 Å². The van der Waals surface area contributed by atoms with E-state index in [4.69, 9.17) is 4.98 Å². The topological polar surface area (TPSA) is 46.8 Å². The average molecular weight is 319 g/mol. The predicted molar refractivity (Wildman–Crippen MR) is 94.5 cm³/mol. The number of fused-ring (bicyclic) bond motifs is 1. The molecule has 0 radical (unpaired) electrons. The molecule has 0 spiro atoms. The van der Waals surface area contributed by atoms with Crippen LogP contribution in [-0.4, -0.2) is 32.6 Å². The van der Waals surface area contributed by atoms with Crippen molar-refractivity contribution in [3.05, 3.63) is 47.5 Å². The van der Waals surface area contributed by atoms with Crippen molar-refractivity contribution in [2.45, 2.75) is 38.6 Å². The van der Waals surface area contributed by atoms with Crippen molar-refractivity contribution in [3.63, 3.8) is 0 Å². The highest BCUT2D eigenvalue weighted by atomic mass is 15.3. The molecule has 5 nitrogen and oxygen atoms in total. The molecule has 122 valence electrons. The van der Waals surface area contributed by atoms with E-state index >= 15 is 0 Å². The van der Waals surface area contributed by atoms with Gasteiger partial charge in [0, 0.05) is 30.4 Å². The molecule has 2 aromatic heterocycles. The zero-order valence-corrected chi connectivity index (χ0v) is 14.1. The minimum atomic E-state index is 0.470. The van der Waals surface area contributed by atoms with Crippen molar-refractivity contribution in [1.82, 2.24) is 19.5 Å². The first kappa shape index (κ1) is 14.0. The molecule has 2 fully saturated rings. The smallest absolute Gasteiger partial charge is 0.225 e. The molecule has 3 heterocycles. The van der Waals surface area contributed by atoms with Crippen LogP contribution in [0.15, 0.2) is 30.3 Å². The third-order valence-corrected chi connectivity index (χ3v) is 5.05. The molecule has 0 bridgehead atoms. The normalized spacial score (nSPS) is 18.2. The third-order valence-electron chi connectivity index (χ3n) is 5.05. The number of aryl methyl sites for hydroxylation is 2. The van der Waals surface area contributed by atoms with Gasteiger partial charge in [-0.05, 0) is 44.9 Å². The number of rotatable bonds is 3. The minimum Gasteiger partial charge on any atom is -0.337 e. The number of nitrogens with zero attached hydrogens (tertiary/aromatic N) is 5. The monoisotopic (exact) mass is 319 g/mol. The van der Waals surface area contributed by atoms with E-state index in [1.54, 1.807) is 0 Å². The van der Waals surface area contributed by atoms with Gasteiger partial charge in [-0.3, -0.25) is 0 Å². The maximum Gasteiger partial charge on any atom is 0.225 e. The van der Waals surface area contributed by atoms with Crippen molar-refractivity contribution in [2.75, 3.05) is 18.0 Å². The van der Waals surface area contributed by atoms with Gasteiger partial charge in [-0.25, -0.2) is 15.0 Å². The maximum atomic E-state index is 4.92. The molecular weight excluding hydrogens is 298 g/mol.